The summed E-state index contributed by atoms with van der Waals surface area (Å²) in [4.78, 5) is 0. The van der Waals surface area contributed by atoms with Crippen LogP contribution in [-0.2, 0) is 12.0 Å². The van der Waals surface area contributed by atoms with E-state index >= 15 is 0 Å². The molecule has 2 aromatic carbocycles. The Kier molecular flexibility index (Phi) is 3.72. The molecule has 2 N–H and O–H groups in total. The van der Waals surface area contributed by atoms with E-state index in [1.54, 1.807) is 12.1 Å². The molecule has 1 nitrogen and oxygen atoms in total. The van der Waals surface area contributed by atoms with Crippen LogP contribution in [0.1, 0.15) is 29.2 Å². The highest BCUT2D eigenvalue weighted by molar-refractivity contribution is 5.35. The lowest BCUT2D eigenvalue weighted by molar-refractivity contribution is 0.489. The van der Waals surface area contributed by atoms with Gasteiger partial charge in [-0.25, -0.2) is 4.39 Å². The van der Waals surface area contributed by atoms with E-state index in [9.17, 15) is 4.39 Å². The molecular weight excluding hydrogens is 237 g/mol. The first-order valence-electron chi connectivity index (χ1n) is 6.49. The van der Waals surface area contributed by atoms with Crippen molar-refractivity contribution < 1.29 is 4.39 Å². The Balaban J connectivity index is 2.29. The Labute approximate surface area is 114 Å². The van der Waals surface area contributed by atoms with E-state index in [2.05, 4.69) is 32.0 Å². The molecule has 0 bridgehead atoms. The van der Waals surface area contributed by atoms with Crippen molar-refractivity contribution in [3.05, 3.63) is 70.5 Å². The summed E-state index contributed by atoms with van der Waals surface area (Å²) < 4.78 is 13.2. The van der Waals surface area contributed by atoms with Crippen LogP contribution in [0.25, 0.3) is 0 Å². The van der Waals surface area contributed by atoms with Crippen molar-refractivity contribution in [1.82, 2.24) is 0 Å². The van der Waals surface area contributed by atoms with Crippen molar-refractivity contribution in [2.24, 2.45) is 5.73 Å². The Morgan fingerprint density at radius 3 is 2.42 bits per heavy atom. The van der Waals surface area contributed by atoms with E-state index in [1.807, 2.05) is 13.0 Å². The average molecular weight is 257 g/mol. The lowest BCUT2D eigenvalue weighted by atomic mass is 9.85. The van der Waals surface area contributed by atoms with Gasteiger partial charge in [0, 0.05) is 5.54 Å². The number of halogens is 1. The highest BCUT2D eigenvalue weighted by Gasteiger charge is 2.22. The second-order valence-electron chi connectivity index (χ2n) is 5.52. The molecule has 2 aromatic rings. The highest BCUT2D eigenvalue weighted by atomic mass is 19.1. The molecule has 2 rings (SSSR count). The fourth-order valence-corrected chi connectivity index (χ4v) is 2.27. The molecule has 19 heavy (non-hydrogen) atoms. The molecule has 0 saturated heterocycles. The molecule has 0 aliphatic rings. The summed E-state index contributed by atoms with van der Waals surface area (Å²) in [6.45, 7) is 6.15. The summed E-state index contributed by atoms with van der Waals surface area (Å²) in [5, 5.41) is 0. The maximum Gasteiger partial charge on any atom is 0.123 e. The van der Waals surface area contributed by atoms with Gasteiger partial charge in [0.05, 0.1) is 0 Å². The summed E-state index contributed by atoms with van der Waals surface area (Å²) in [5.41, 5.74) is 10.4. The summed E-state index contributed by atoms with van der Waals surface area (Å²) in [5.74, 6) is -0.214. The van der Waals surface area contributed by atoms with Gasteiger partial charge >= 0.3 is 0 Å². The second kappa shape index (κ2) is 5.14. The largest absolute Gasteiger partial charge is 0.321 e. The minimum Gasteiger partial charge on any atom is -0.321 e. The maximum absolute atomic E-state index is 13.2. The highest BCUT2D eigenvalue weighted by Crippen LogP contribution is 2.25. The molecule has 0 aliphatic heterocycles. The lowest BCUT2D eigenvalue weighted by Crippen LogP contribution is -2.35. The molecule has 0 fully saturated rings. The molecule has 0 aromatic heterocycles. The van der Waals surface area contributed by atoms with Gasteiger partial charge in [-0.1, -0.05) is 30.3 Å². The monoisotopic (exact) mass is 257 g/mol. The molecule has 0 aliphatic carbocycles. The third kappa shape index (κ3) is 3.21. The van der Waals surface area contributed by atoms with Crippen LogP contribution in [0.15, 0.2) is 42.5 Å². The molecule has 1 atom stereocenters. The summed E-state index contributed by atoms with van der Waals surface area (Å²) in [6, 6.07) is 12.9. The zero-order valence-electron chi connectivity index (χ0n) is 11.7. The van der Waals surface area contributed by atoms with Crippen molar-refractivity contribution in [3.63, 3.8) is 0 Å². The van der Waals surface area contributed by atoms with Crippen LogP contribution in [0.5, 0.6) is 0 Å². The Morgan fingerprint density at radius 2 is 1.79 bits per heavy atom. The third-order valence-electron chi connectivity index (χ3n) is 3.63. The smallest absolute Gasteiger partial charge is 0.123 e. The zero-order chi connectivity index (χ0) is 14.0. The normalized spacial score (nSPS) is 14.2. The van der Waals surface area contributed by atoms with Gasteiger partial charge in [-0.3, -0.25) is 0 Å². The molecule has 0 heterocycles. The minimum atomic E-state index is -0.494. The molecule has 0 spiro atoms. The number of hydrogen-bond acceptors (Lipinski definition) is 1. The van der Waals surface area contributed by atoms with Gasteiger partial charge < -0.3 is 5.73 Å². The molecular formula is C17H20FN. The van der Waals surface area contributed by atoms with Crippen molar-refractivity contribution in [2.45, 2.75) is 32.7 Å². The predicted octanol–water partition coefficient (Wildman–Crippen LogP) is 3.86. The molecule has 1 unspecified atom stereocenters. The first-order chi connectivity index (χ1) is 8.88. The fraction of sp³-hybridized carbons (Fsp3) is 0.294. The summed E-state index contributed by atoms with van der Waals surface area (Å²) in [6.07, 6.45) is 0.618. The fourth-order valence-electron chi connectivity index (χ4n) is 2.27. The van der Waals surface area contributed by atoms with E-state index in [1.165, 1.54) is 17.2 Å². The molecule has 0 saturated carbocycles. The number of aryl methyl sites for hydroxylation is 2. The van der Waals surface area contributed by atoms with Crippen molar-refractivity contribution >= 4 is 0 Å². The molecule has 100 valence electrons. The SMILES string of the molecule is Cc1ccc(C(C)(N)Cc2cccc(F)c2)cc1C. The van der Waals surface area contributed by atoms with Crippen molar-refractivity contribution in [1.29, 1.82) is 0 Å². The van der Waals surface area contributed by atoms with Gasteiger partial charge in [-0.15, -0.1) is 0 Å². The number of benzene rings is 2. The van der Waals surface area contributed by atoms with Crippen LogP contribution in [-0.4, -0.2) is 0 Å². The van der Waals surface area contributed by atoms with Gasteiger partial charge in [-0.05, 0) is 61.6 Å². The molecule has 0 radical (unpaired) electrons. The average Bonchev–Trinajstić information content (AvgIpc) is 2.32. The summed E-state index contributed by atoms with van der Waals surface area (Å²) >= 11 is 0. The van der Waals surface area contributed by atoms with E-state index < -0.39 is 5.54 Å². The third-order valence-corrected chi connectivity index (χ3v) is 3.63. The molecule has 2 heteroatoms. The topological polar surface area (TPSA) is 26.0 Å². The van der Waals surface area contributed by atoms with Crippen molar-refractivity contribution in [3.8, 4) is 0 Å². The summed E-state index contributed by atoms with van der Waals surface area (Å²) in [7, 11) is 0. The second-order valence-corrected chi connectivity index (χ2v) is 5.52. The van der Waals surface area contributed by atoms with E-state index in [0.29, 0.717) is 6.42 Å². The van der Waals surface area contributed by atoms with Crippen LogP contribution < -0.4 is 5.73 Å². The number of rotatable bonds is 3. The minimum absolute atomic E-state index is 0.214. The number of nitrogens with two attached hydrogens (primary N) is 1. The van der Waals surface area contributed by atoms with E-state index in [0.717, 1.165) is 11.1 Å². The van der Waals surface area contributed by atoms with Crippen molar-refractivity contribution in [2.75, 3.05) is 0 Å². The van der Waals surface area contributed by atoms with Crippen LogP contribution in [0.2, 0.25) is 0 Å². The molecule has 0 amide bonds. The van der Waals surface area contributed by atoms with Gasteiger partial charge in [0.25, 0.3) is 0 Å². The maximum atomic E-state index is 13.2. The van der Waals surface area contributed by atoms with Gasteiger partial charge in [0.15, 0.2) is 0 Å². The van der Waals surface area contributed by atoms with Crippen LogP contribution in [0, 0.1) is 19.7 Å². The number of hydrogen-bond donors (Lipinski definition) is 1. The Bertz CT molecular complexity index is 588. The van der Waals surface area contributed by atoms with Crippen LogP contribution in [0.3, 0.4) is 0 Å². The Morgan fingerprint density at radius 1 is 1.05 bits per heavy atom. The van der Waals surface area contributed by atoms with Gasteiger partial charge in [0.2, 0.25) is 0 Å². The predicted molar refractivity (Wildman–Crippen MR) is 77.6 cm³/mol. The Hall–Kier alpha value is -1.67. The lowest BCUT2D eigenvalue weighted by Gasteiger charge is -2.26. The zero-order valence-corrected chi connectivity index (χ0v) is 11.7. The quantitative estimate of drug-likeness (QED) is 0.887. The standard InChI is InChI=1S/C17H20FN/c1-12-7-8-15(9-13(12)2)17(3,19)11-14-5-4-6-16(18)10-14/h4-10H,11,19H2,1-3H3. The van der Waals surface area contributed by atoms with Crippen LogP contribution >= 0.6 is 0 Å². The van der Waals surface area contributed by atoms with Crippen LogP contribution in [0.4, 0.5) is 4.39 Å². The van der Waals surface area contributed by atoms with E-state index in [-0.39, 0.29) is 5.82 Å². The van der Waals surface area contributed by atoms with Gasteiger partial charge in [-0.2, -0.15) is 0 Å². The first-order valence-corrected chi connectivity index (χ1v) is 6.49. The van der Waals surface area contributed by atoms with Gasteiger partial charge in [0.1, 0.15) is 5.82 Å². The first kappa shape index (κ1) is 13.8. The van der Waals surface area contributed by atoms with E-state index in [4.69, 9.17) is 5.73 Å².